The number of hydrogen-bond acceptors (Lipinski definition) is 2. The van der Waals surface area contributed by atoms with Crippen LogP contribution in [0.3, 0.4) is 0 Å². The Balaban J connectivity index is 2.00. The van der Waals surface area contributed by atoms with Crippen LogP contribution >= 0.6 is 11.6 Å². The lowest BCUT2D eigenvalue weighted by molar-refractivity contribution is 0.219. The summed E-state index contributed by atoms with van der Waals surface area (Å²) in [6, 6.07) is 5.55. The zero-order valence-corrected chi connectivity index (χ0v) is 11.9. The third kappa shape index (κ3) is 3.27. The van der Waals surface area contributed by atoms with E-state index >= 15 is 0 Å². The van der Waals surface area contributed by atoms with Gasteiger partial charge in [-0.1, -0.05) is 11.6 Å². The van der Waals surface area contributed by atoms with Crippen molar-refractivity contribution in [2.75, 3.05) is 12.4 Å². The van der Waals surface area contributed by atoms with E-state index in [0.717, 1.165) is 5.69 Å². The number of hydrogen-bond donors (Lipinski definition) is 1. The predicted molar refractivity (Wildman–Crippen MR) is 75.1 cm³/mol. The summed E-state index contributed by atoms with van der Waals surface area (Å²) in [5.74, 6) is -0.520. The maximum absolute atomic E-state index is 13.0. The Hall–Kier alpha value is -2.08. The van der Waals surface area contributed by atoms with Gasteiger partial charge in [-0.05, 0) is 24.3 Å². The molecule has 20 heavy (non-hydrogen) atoms. The smallest absolute Gasteiger partial charge is 0.321 e. The second-order valence-corrected chi connectivity index (χ2v) is 4.77. The van der Waals surface area contributed by atoms with Crippen molar-refractivity contribution in [2.45, 2.75) is 6.54 Å². The van der Waals surface area contributed by atoms with Gasteiger partial charge in [-0.2, -0.15) is 5.10 Å². The summed E-state index contributed by atoms with van der Waals surface area (Å²) < 4.78 is 14.7. The lowest BCUT2D eigenvalue weighted by atomic mass is 10.3. The van der Waals surface area contributed by atoms with Crippen molar-refractivity contribution in [3.8, 4) is 0 Å². The van der Waals surface area contributed by atoms with Crippen molar-refractivity contribution < 1.29 is 9.18 Å². The molecule has 0 aliphatic rings. The van der Waals surface area contributed by atoms with Crippen molar-refractivity contribution >= 4 is 23.3 Å². The Labute approximate surface area is 120 Å². The molecule has 2 rings (SSSR count). The normalized spacial score (nSPS) is 10.4. The number of urea groups is 1. The lowest BCUT2D eigenvalue weighted by Gasteiger charge is -2.18. The van der Waals surface area contributed by atoms with Gasteiger partial charge in [-0.15, -0.1) is 0 Å². The molecule has 0 saturated carbocycles. The molecule has 1 heterocycles. The van der Waals surface area contributed by atoms with E-state index in [1.807, 2.05) is 6.07 Å². The van der Waals surface area contributed by atoms with Crippen LogP contribution in [0.2, 0.25) is 5.02 Å². The van der Waals surface area contributed by atoms with Crippen LogP contribution < -0.4 is 5.32 Å². The number of carbonyl (C=O) groups is 1. The highest BCUT2D eigenvalue weighted by atomic mass is 35.5. The average molecular weight is 297 g/mol. The van der Waals surface area contributed by atoms with E-state index in [2.05, 4.69) is 10.4 Å². The molecule has 1 aromatic carbocycles. The molecule has 0 atom stereocenters. The van der Waals surface area contributed by atoms with Crippen LogP contribution in [0.15, 0.2) is 30.5 Å². The third-order valence-corrected chi connectivity index (χ3v) is 3.13. The Morgan fingerprint density at radius 2 is 2.25 bits per heavy atom. The van der Waals surface area contributed by atoms with Gasteiger partial charge >= 0.3 is 6.03 Å². The quantitative estimate of drug-likeness (QED) is 0.947. The first-order chi connectivity index (χ1) is 9.47. The van der Waals surface area contributed by atoms with E-state index in [1.54, 1.807) is 25.0 Å². The topological polar surface area (TPSA) is 50.2 Å². The van der Waals surface area contributed by atoms with Crippen LogP contribution in [0.4, 0.5) is 14.9 Å². The van der Waals surface area contributed by atoms with Crippen LogP contribution in [0.1, 0.15) is 5.69 Å². The number of benzene rings is 1. The van der Waals surface area contributed by atoms with Gasteiger partial charge < -0.3 is 10.2 Å². The summed E-state index contributed by atoms with van der Waals surface area (Å²) >= 11 is 5.66. The SMILES string of the molecule is CN(Cc1ccnn1C)C(=O)Nc1ccc(F)c(Cl)c1. The number of carbonyl (C=O) groups excluding carboxylic acids is 1. The van der Waals surface area contributed by atoms with E-state index in [1.165, 1.54) is 23.1 Å². The maximum atomic E-state index is 13.0. The number of aryl methyl sites for hydroxylation is 1. The summed E-state index contributed by atoms with van der Waals surface area (Å²) in [6.07, 6.45) is 1.67. The second-order valence-electron chi connectivity index (χ2n) is 4.36. The van der Waals surface area contributed by atoms with Gasteiger partial charge in [-0.25, -0.2) is 9.18 Å². The Kier molecular flexibility index (Phi) is 4.24. The molecule has 0 radical (unpaired) electrons. The molecule has 7 heteroatoms. The molecule has 0 spiro atoms. The minimum Gasteiger partial charge on any atom is -0.322 e. The standard InChI is InChI=1S/C13H14ClFN4O/c1-18(8-10-5-6-16-19(10)2)13(20)17-9-3-4-12(15)11(14)7-9/h3-7H,8H2,1-2H3,(H,17,20). The molecule has 0 aliphatic carbocycles. The molecular formula is C13H14ClFN4O. The lowest BCUT2D eigenvalue weighted by Crippen LogP contribution is -2.31. The third-order valence-electron chi connectivity index (χ3n) is 2.84. The summed E-state index contributed by atoms with van der Waals surface area (Å²) in [5, 5.41) is 6.65. The van der Waals surface area contributed by atoms with E-state index in [0.29, 0.717) is 12.2 Å². The van der Waals surface area contributed by atoms with Crippen molar-refractivity contribution in [3.05, 3.63) is 47.0 Å². The molecule has 0 fully saturated rings. The van der Waals surface area contributed by atoms with Crippen molar-refractivity contribution in [1.29, 1.82) is 0 Å². The first-order valence-electron chi connectivity index (χ1n) is 5.91. The summed E-state index contributed by atoms with van der Waals surface area (Å²) in [4.78, 5) is 13.5. The fourth-order valence-electron chi connectivity index (χ4n) is 1.66. The molecule has 5 nitrogen and oxygen atoms in total. The number of aromatic nitrogens is 2. The van der Waals surface area contributed by atoms with Gasteiger partial charge in [0.1, 0.15) is 5.82 Å². The van der Waals surface area contributed by atoms with Crippen LogP contribution in [0.5, 0.6) is 0 Å². The first kappa shape index (κ1) is 14.3. The number of rotatable bonds is 3. The number of nitrogens with one attached hydrogen (secondary N) is 1. The van der Waals surface area contributed by atoms with Gasteiger partial charge in [0, 0.05) is 26.0 Å². The van der Waals surface area contributed by atoms with Crippen molar-refractivity contribution in [3.63, 3.8) is 0 Å². The number of anilines is 1. The molecule has 0 saturated heterocycles. The Morgan fingerprint density at radius 1 is 1.50 bits per heavy atom. The van der Waals surface area contributed by atoms with Gasteiger partial charge in [0.15, 0.2) is 0 Å². The zero-order valence-electron chi connectivity index (χ0n) is 11.1. The Bertz CT molecular complexity index is 629. The predicted octanol–water partition coefficient (Wildman–Crippen LogP) is 2.88. The highest BCUT2D eigenvalue weighted by molar-refractivity contribution is 6.31. The van der Waals surface area contributed by atoms with Gasteiger partial charge in [0.2, 0.25) is 0 Å². The average Bonchev–Trinajstić information content (AvgIpc) is 2.79. The number of amides is 2. The molecule has 1 N–H and O–H groups in total. The molecule has 0 unspecified atom stereocenters. The van der Waals surface area contributed by atoms with E-state index in [-0.39, 0.29) is 11.1 Å². The minimum atomic E-state index is -0.520. The fourth-order valence-corrected chi connectivity index (χ4v) is 1.84. The fraction of sp³-hybridized carbons (Fsp3) is 0.231. The molecule has 0 aliphatic heterocycles. The molecule has 1 aromatic heterocycles. The highest BCUT2D eigenvalue weighted by Crippen LogP contribution is 2.19. The van der Waals surface area contributed by atoms with Crippen molar-refractivity contribution in [2.24, 2.45) is 7.05 Å². The van der Waals surface area contributed by atoms with Gasteiger partial charge in [0.05, 0.1) is 17.3 Å². The van der Waals surface area contributed by atoms with E-state index < -0.39 is 5.82 Å². The molecule has 2 amide bonds. The molecule has 2 aromatic rings. The van der Waals surface area contributed by atoms with Gasteiger partial charge in [0.25, 0.3) is 0 Å². The Morgan fingerprint density at radius 3 is 2.85 bits per heavy atom. The van der Waals surface area contributed by atoms with Crippen molar-refractivity contribution in [1.82, 2.24) is 14.7 Å². The van der Waals surface area contributed by atoms with E-state index in [9.17, 15) is 9.18 Å². The summed E-state index contributed by atoms with van der Waals surface area (Å²) in [6.45, 7) is 0.414. The largest absolute Gasteiger partial charge is 0.322 e. The van der Waals surface area contributed by atoms with Crippen LogP contribution in [0, 0.1) is 5.82 Å². The minimum absolute atomic E-state index is 0.0305. The number of halogens is 2. The van der Waals surface area contributed by atoms with E-state index in [4.69, 9.17) is 11.6 Å². The maximum Gasteiger partial charge on any atom is 0.321 e. The second kappa shape index (κ2) is 5.92. The van der Waals surface area contributed by atoms with Crippen LogP contribution in [0.25, 0.3) is 0 Å². The highest BCUT2D eigenvalue weighted by Gasteiger charge is 2.12. The monoisotopic (exact) mass is 296 g/mol. The summed E-state index contributed by atoms with van der Waals surface area (Å²) in [5.41, 5.74) is 1.35. The van der Waals surface area contributed by atoms with Gasteiger partial charge in [-0.3, -0.25) is 4.68 Å². The van der Waals surface area contributed by atoms with Crippen LogP contribution in [-0.2, 0) is 13.6 Å². The molecule has 0 bridgehead atoms. The molecular weight excluding hydrogens is 283 g/mol. The first-order valence-corrected chi connectivity index (χ1v) is 6.29. The molecule has 106 valence electrons. The number of nitrogens with zero attached hydrogens (tertiary/aromatic N) is 3. The van der Waals surface area contributed by atoms with Crippen LogP contribution in [-0.4, -0.2) is 27.8 Å². The zero-order chi connectivity index (χ0) is 14.7. The summed E-state index contributed by atoms with van der Waals surface area (Å²) in [7, 11) is 3.47.